The van der Waals surface area contributed by atoms with Crippen LogP contribution in [0.2, 0.25) is 0 Å². The van der Waals surface area contributed by atoms with Gasteiger partial charge in [0.05, 0.1) is 6.61 Å². The highest BCUT2D eigenvalue weighted by Crippen LogP contribution is 2.15. The van der Waals surface area contributed by atoms with Gasteiger partial charge in [0.15, 0.2) is 0 Å². The van der Waals surface area contributed by atoms with E-state index in [9.17, 15) is 4.79 Å². The number of likely N-dealkylation sites (N-methyl/N-ethyl adjacent to an activating group) is 1. The normalized spacial score (nSPS) is 14.4. The Balaban J connectivity index is 3.75. The second-order valence-corrected chi connectivity index (χ2v) is 5.55. The largest absolute Gasteiger partial charge is 0.465 e. The first-order valence-electron chi connectivity index (χ1n) is 7.40. The number of carbonyl (C=O) groups is 1. The van der Waals surface area contributed by atoms with Gasteiger partial charge >= 0.3 is 5.97 Å². The molecule has 0 aliphatic rings. The topological polar surface area (TPSA) is 47.6 Å². The molecule has 0 aromatic carbocycles. The third-order valence-corrected chi connectivity index (χ3v) is 3.33. The van der Waals surface area contributed by atoms with Crippen LogP contribution in [0.4, 0.5) is 0 Å². The average Bonchev–Trinajstić information content (AvgIpc) is 2.37. The van der Waals surface area contributed by atoms with E-state index in [1.54, 1.807) is 7.05 Å². The lowest BCUT2D eigenvalue weighted by Crippen LogP contribution is -2.48. The van der Waals surface area contributed by atoms with Gasteiger partial charge in [0.25, 0.3) is 0 Å². The van der Waals surface area contributed by atoms with E-state index in [2.05, 4.69) is 19.2 Å². The minimum atomic E-state index is -0.575. The molecule has 0 amide bonds. The molecule has 0 aliphatic carbocycles. The summed E-state index contributed by atoms with van der Waals surface area (Å²) in [4.78, 5) is 11.8. The number of rotatable bonds is 11. The number of nitrogens with one attached hydrogen (secondary N) is 1. The second-order valence-electron chi connectivity index (χ2n) is 5.55. The zero-order valence-corrected chi connectivity index (χ0v) is 13.3. The van der Waals surface area contributed by atoms with Gasteiger partial charge in [-0.05, 0) is 52.5 Å². The summed E-state index contributed by atoms with van der Waals surface area (Å²) in [7, 11) is 1.80. The molecule has 0 aliphatic heterocycles. The molecule has 4 nitrogen and oxygen atoms in total. The van der Waals surface area contributed by atoms with Crippen molar-refractivity contribution in [3.05, 3.63) is 0 Å². The van der Waals surface area contributed by atoms with Gasteiger partial charge in [-0.3, -0.25) is 4.79 Å². The van der Waals surface area contributed by atoms with Crippen LogP contribution in [0.3, 0.4) is 0 Å². The highest BCUT2D eigenvalue weighted by atomic mass is 16.5. The van der Waals surface area contributed by atoms with E-state index in [0.717, 1.165) is 38.9 Å². The molecule has 0 rings (SSSR count). The number of ether oxygens (including phenoxy) is 2. The predicted octanol–water partition coefficient (Wildman–Crippen LogP) is 2.76. The fourth-order valence-electron chi connectivity index (χ4n) is 1.72. The monoisotopic (exact) mass is 273 g/mol. The van der Waals surface area contributed by atoms with Gasteiger partial charge in [-0.15, -0.1) is 0 Å². The lowest BCUT2D eigenvalue weighted by Gasteiger charge is -2.26. The van der Waals surface area contributed by atoms with E-state index in [1.165, 1.54) is 0 Å². The number of hydrogen-bond donors (Lipinski definition) is 1. The molecule has 0 bridgehead atoms. The summed E-state index contributed by atoms with van der Waals surface area (Å²) < 4.78 is 10.7. The van der Waals surface area contributed by atoms with Crippen molar-refractivity contribution in [3.63, 3.8) is 0 Å². The first-order chi connectivity index (χ1) is 8.96. The molecule has 114 valence electrons. The fraction of sp³-hybridized carbons (Fsp3) is 0.933. The molecule has 0 saturated heterocycles. The summed E-state index contributed by atoms with van der Waals surface area (Å²) in [6, 6.07) is 0. The Labute approximate surface area is 118 Å². The molecular weight excluding hydrogens is 242 g/mol. The molecule has 0 spiro atoms. The highest BCUT2D eigenvalue weighted by molar-refractivity contribution is 5.80. The van der Waals surface area contributed by atoms with Gasteiger partial charge in [-0.2, -0.15) is 0 Å². The van der Waals surface area contributed by atoms with Crippen molar-refractivity contribution in [2.45, 2.75) is 58.9 Å². The quantitative estimate of drug-likeness (QED) is 0.464. The molecule has 1 unspecified atom stereocenters. The minimum Gasteiger partial charge on any atom is -0.465 e. The zero-order chi connectivity index (χ0) is 14.7. The second kappa shape index (κ2) is 10.2. The van der Waals surface area contributed by atoms with Crippen LogP contribution in [-0.2, 0) is 14.3 Å². The van der Waals surface area contributed by atoms with Crippen molar-refractivity contribution < 1.29 is 14.3 Å². The smallest absolute Gasteiger partial charge is 0.326 e. The molecule has 1 atom stereocenters. The van der Waals surface area contributed by atoms with Gasteiger partial charge in [0.1, 0.15) is 5.54 Å². The van der Waals surface area contributed by atoms with Crippen molar-refractivity contribution in [2.24, 2.45) is 5.92 Å². The molecule has 0 heterocycles. The molecule has 0 fully saturated rings. The van der Waals surface area contributed by atoms with Crippen LogP contribution in [0.1, 0.15) is 53.4 Å². The Bertz CT molecular complexity index is 244. The average molecular weight is 273 g/mol. The van der Waals surface area contributed by atoms with E-state index in [4.69, 9.17) is 9.47 Å². The Morgan fingerprint density at radius 2 is 1.95 bits per heavy atom. The standard InChI is InChI=1S/C15H31NO3/c1-6-19-14(17)15(4,16-5)10-7-8-11-18-12-9-13(2)3/h13,16H,6-12H2,1-5H3. The van der Waals surface area contributed by atoms with Gasteiger partial charge in [0, 0.05) is 13.2 Å². The summed E-state index contributed by atoms with van der Waals surface area (Å²) in [5.74, 6) is 0.523. The Kier molecular flexibility index (Phi) is 9.88. The van der Waals surface area contributed by atoms with Gasteiger partial charge in [-0.25, -0.2) is 0 Å². The number of esters is 1. The molecule has 0 radical (unpaired) electrons. The first kappa shape index (κ1) is 18.4. The maximum Gasteiger partial charge on any atom is 0.326 e. The SMILES string of the molecule is CCOC(=O)C(C)(CCCCOCCC(C)C)NC. The highest BCUT2D eigenvalue weighted by Gasteiger charge is 2.32. The molecule has 4 heteroatoms. The number of unbranched alkanes of at least 4 members (excludes halogenated alkanes) is 1. The van der Waals surface area contributed by atoms with Crippen molar-refractivity contribution in [3.8, 4) is 0 Å². The molecule has 19 heavy (non-hydrogen) atoms. The predicted molar refractivity (Wildman–Crippen MR) is 78.2 cm³/mol. The van der Waals surface area contributed by atoms with Crippen LogP contribution in [0.5, 0.6) is 0 Å². The van der Waals surface area contributed by atoms with E-state index in [0.29, 0.717) is 12.5 Å². The number of hydrogen-bond acceptors (Lipinski definition) is 4. The van der Waals surface area contributed by atoms with Gasteiger partial charge < -0.3 is 14.8 Å². The molecule has 0 saturated carbocycles. The summed E-state index contributed by atoms with van der Waals surface area (Å²) in [5.41, 5.74) is -0.575. The van der Waals surface area contributed by atoms with Gasteiger partial charge in [0.2, 0.25) is 0 Å². The van der Waals surface area contributed by atoms with Crippen LogP contribution < -0.4 is 5.32 Å². The number of carbonyl (C=O) groups excluding carboxylic acids is 1. The van der Waals surface area contributed by atoms with Crippen molar-refractivity contribution >= 4 is 5.97 Å². The van der Waals surface area contributed by atoms with Crippen molar-refractivity contribution in [2.75, 3.05) is 26.9 Å². The van der Waals surface area contributed by atoms with Gasteiger partial charge in [-0.1, -0.05) is 13.8 Å². The molecule has 1 N–H and O–H groups in total. The molecule has 0 aromatic rings. The summed E-state index contributed by atoms with van der Waals surface area (Å²) in [6.07, 6.45) is 3.82. The van der Waals surface area contributed by atoms with Crippen LogP contribution in [0, 0.1) is 5.92 Å². The van der Waals surface area contributed by atoms with Crippen LogP contribution >= 0.6 is 0 Å². The van der Waals surface area contributed by atoms with E-state index in [-0.39, 0.29) is 5.97 Å². The van der Waals surface area contributed by atoms with Crippen LogP contribution in [-0.4, -0.2) is 38.4 Å². The maximum absolute atomic E-state index is 11.8. The maximum atomic E-state index is 11.8. The summed E-state index contributed by atoms with van der Waals surface area (Å²) >= 11 is 0. The van der Waals surface area contributed by atoms with Crippen molar-refractivity contribution in [1.29, 1.82) is 0 Å². The zero-order valence-electron chi connectivity index (χ0n) is 13.3. The molecule has 0 aromatic heterocycles. The minimum absolute atomic E-state index is 0.168. The lowest BCUT2D eigenvalue weighted by atomic mass is 9.95. The summed E-state index contributed by atoms with van der Waals surface area (Å²) in [6.45, 7) is 10.1. The van der Waals surface area contributed by atoms with Crippen LogP contribution in [0.15, 0.2) is 0 Å². The fourth-order valence-corrected chi connectivity index (χ4v) is 1.72. The first-order valence-corrected chi connectivity index (χ1v) is 7.40. The third kappa shape index (κ3) is 8.22. The van der Waals surface area contributed by atoms with E-state index in [1.807, 2.05) is 13.8 Å². The Morgan fingerprint density at radius 1 is 1.26 bits per heavy atom. The van der Waals surface area contributed by atoms with E-state index < -0.39 is 5.54 Å². The van der Waals surface area contributed by atoms with E-state index >= 15 is 0 Å². The lowest BCUT2D eigenvalue weighted by molar-refractivity contribution is -0.150. The Morgan fingerprint density at radius 3 is 2.47 bits per heavy atom. The summed E-state index contributed by atoms with van der Waals surface area (Å²) in [5, 5.41) is 3.06. The Hall–Kier alpha value is -0.610. The third-order valence-electron chi connectivity index (χ3n) is 3.33. The molecular formula is C15H31NO3. The van der Waals surface area contributed by atoms with Crippen LogP contribution in [0.25, 0.3) is 0 Å². The van der Waals surface area contributed by atoms with Crippen molar-refractivity contribution in [1.82, 2.24) is 5.32 Å².